The highest BCUT2D eigenvalue weighted by molar-refractivity contribution is 5.92. The van der Waals surface area contributed by atoms with Crippen LogP contribution in [0.2, 0.25) is 0 Å². The van der Waals surface area contributed by atoms with Crippen molar-refractivity contribution in [2.45, 2.75) is 47.0 Å². The van der Waals surface area contributed by atoms with Gasteiger partial charge < -0.3 is 5.32 Å². The number of nitrogens with one attached hydrogen (secondary N) is 2. The standard InChI is InChI=1S/C14H25N3O/c1-10(2)6-5-7-15-14(18)13-9-12(16-17-13)8-11(3)4/h9-11H,5-8H2,1-4H3,(H,15,18)(H,16,17). The summed E-state index contributed by atoms with van der Waals surface area (Å²) < 4.78 is 0. The summed E-state index contributed by atoms with van der Waals surface area (Å²) in [7, 11) is 0. The minimum absolute atomic E-state index is 0.0787. The van der Waals surface area contributed by atoms with Gasteiger partial charge in [0.15, 0.2) is 0 Å². The molecule has 18 heavy (non-hydrogen) atoms. The van der Waals surface area contributed by atoms with Gasteiger partial charge in [0.05, 0.1) is 0 Å². The first-order valence-corrected chi connectivity index (χ1v) is 6.81. The van der Waals surface area contributed by atoms with E-state index in [2.05, 4.69) is 43.2 Å². The third-order valence-electron chi connectivity index (χ3n) is 2.74. The summed E-state index contributed by atoms with van der Waals surface area (Å²) in [5, 5.41) is 9.86. The van der Waals surface area contributed by atoms with E-state index in [-0.39, 0.29) is 5.91 Å². The monoisotopic (exact) mass is 251 g/mol. The zero-order chi connectivity index (χ0) is 13.5. The molecule has 4 nitrogen and oxygen atoms in total. The van der Waals surface area contributed by atoms with Crippen molar-refractivity contribution in [1.82, 2.24) is 15.5 Å². The lowest BCUT2D eigenvalue weighted by Gasteiger charge is -2.05. The van der Waals surface area contributed by atoms with Gasteiger partial charge in [0.2, 0.25) is 0 Å². The van der Waals surface area contributed by atoms with Crippen LogP contribution < -0.4 is 5.32 Å². The number of H-pyrrole nitrogens is 1. The van der Waals surface area contributed by atoms with Gasteiger partial charge in [-0.15, -0.1) is 0 Å². The van der Waals surface area contributed by atoms with Gasteiger partial charge in [0.25, 0.3) is 5.91 Å². The quantitative estimate of drug-likeness (QED) is 0.732. The van der Waals surface area contributed by atoms with E-state index in [1.54, 1.807) is 0 Å². The van der Waals surface area contributed by atoms with Gasteiger partial charge in [-0.05, 0) is 37.2 Å². The minimum Gasteiger partial charge on any atom is -0.351 e. The van der Waals surface area contributed by atoms with Crippen molar-refractivity contribution < 1.29 is 4.79 Å². The Kier molecular flexibility index (Phi) is 5.89. The van der Waals surface area contributed by atoms with E-state index >= 15 is 0 Å². The molecule has 1 aromatic rings. The van der Waals surface area contributed by atoms with Gasteiger partial charge in [0.1, 0.15) is 5.69 Å². The lowest BCUT2D eigenvalue weighted by atomic mass is 10.1. The lowest BCUT2D eigenvalue weighted by molar-refractivity contribution is 0.0947. The fourth-order valence-electron chi connectivity index (χ4n) is 1.83. The van der Waals surface area contributed by atoms with Crippen molar-refractivity contribution in [3.8, 4) is 0 Å². The van der Waals surface area contributed by atoms with Crippen molar-refractivity contribution in [2.24, 2.45) is 11.8 Å². The summed E-state index contributed by atoms with van der Waals surface area (Å²) in [6.07, 6.45) is 3.08. The fourth-order valence-corrected chi connectivity index (χ4v) is 1.83. The highest BCUT2D eigenvalue weighted by Gasteiger charge is 2.10. The number of carbonyl (C=O) groups is 1. The molecule has 0 saturated carbocycles. The van der Waals surface area contributed by atoms with Crippen molar-refractivity contribution >= 4 is 5.91 Å². The van der Waals surface area contributed by atoms with Crippen LogP contribution in [-0.4, -0.2) is 22.6 Å². The van der Waals surface area contributed by atoms with Crippen LogP contribution in [0.1, 0.15) is 56.7 Å². The largest absolute Gasteiger partial charge is 0.351 e. The maximum absolute atomic E-state index is 11.8. The van der Waals surface area contributed by atoms with Crippen molar-refractivity contribution in [3.63, 3.8) is 0 Å². The zero-order valence-corrected chi connectivity index (χ0v) is 11.9. The van der Waals surface area contributed by atoms with Crippen LogP contribution in [0.15, 0.2) is 6.07 Å². The Morgan fingerprint density at radius 3 is 2.67 bits per heavy atom. The SMILES string of the molecule is CC(C)CCCNC(=O)c1cc(CC(C)C)[nH]n1. The smallest absolute Gasteiger partial charge is 0.271 e. The molecule has 0 radical (unpaired) electrons. The van der Waals surface area contributed by atoms with Gasteiger partial charge >= 0.3 is 0 Å². The second-order valence-corrected chi connectivity index (χ2v) is 5.67. The Hall–Kier alpha value is -1.32. The van der Waals surface area contributed by atoms with Gasteiger partial charge in [-0.25, -0.2) is 0 Å². The Labute approximate surface area is 110 Å². The summed E-state index contributed by atoms with van der Waals surface area (Å²) in [6.45, 7) is 9.39. The Bertz CT molecular complexity index is 369. The zero-order valence-electron chi connectivity index (χ0n) is 11.9. The van der Waals surface area contributed by atoms with Crippen LogP contribution in [0.25, 0.3) is 0 Å². The van der Waals surface area contributed by atoms with Crippen LogP contribution in [-0.2, 0) is 6.42 Å². The fraction of sp³-hybridized carbons (Fsp3) is 0.714. The number of aromatic amines is 1. The molecule has 0 bridgehead atoms. The van der Waals surface area contributed by atoms with E-state index in [0.29, 0.717) is 17.5 Å². The van der Waals surface area contributed by atoms with Gasteiger partial charge in [0, 0.05) is 12.2 Å². The average molecular weight is 251 g/mol. The highest BCUT2D eigenvalue weighted by atomic mass is 16.1. The predicted octanol–water partition coefficient (Wildman–Crippen LogP) is 2.77. The van der Waals surface area contributed by atoms with Crippen molar-refractivity contribution in [2.75, 3.05) is 6.54 Å². The van der Waals surface area contributed by atoms with E-state index in [4.69, 9.17) is 0 Å². The molecule has 0 aromatic carbocycles. The topological polar surface area (TPSA) is 57.8 Å². The molecule has 0 spiro atoms. The Morgan fingerprint density at radius 1 is 1.33 bits per heavy atom. The van der Waals surface area contributed by atoms with E-state index in [9.17, 15) is 4.79 Å². The van der Waals surface area contributed by atoms with Crippen LogP contribution in [0.5, 0.6) is 0 Å². The Morgan fingerprint density at radius 2 is 2.06 bits per heavy atom. The number of rotatable bonds is 7. The van der Waals surface area contributed by atoms with Gasteiger partial charge in [-0.3, -0.25) is 9.89 Å². The van der Waals surface area contributed by atoms with Crippen LogP contribution in [0.3, 0.4) is 0 Å². The van der Waals surface area contributed by atoms with Crippen LogP contribution >= 0.6 is 0 Å². The second-order valence-electron chi connectivity index (χ2n) is 5.67. The summed E-state index contributed by atoms with van der Waals surface area (Å²) in [6, 6.07) is 1.85. The molecule has 0 aliphatic rings. The normalized spacial score (nSPS) is 11.2. The molecule has 102 valence electrons. The number of aromatic nitrogens is 2. The minimum atomic E-state index is -0.0787. The summed E-state index contributed by atoms with van der Waals surface area (Å²) in [4.78, 5) is 11.8. The van der Waals surface area contributed by atoms with E-state index in [1.807, 2.05) is 6.07 Å². The number of nitrogens with zero attached hydrogens (tertiary/aromatic N) is 1. The highest BCUT2D eigenvalue weighted by Crippen LogP contribution is 2.07. The average Bonchev–Trinajstić information content (AvgIpc) is 2.71. The maximum atomic E-state index is 11.8. The molecule has 4 heteroatoms. The van der Waals surface area contributed by atoms with Crippen LogP contribution in [0, 0.1) is 11.8 Å². The van der Waals surface area contributed by atoms with Crippen molar-refractivity contribution in [1.29, 1.82) is 0 Å². The molecule has 1 amide bonds. The third kappa shape index (κ3) is 5.34. The number of hydrogen-bond acceptors (Lipinski definition) is 2. The maximum Gasteiger partial charge on any atom is 0.271 e. The lowest BCUT2D eigenvalue weighted by Crippen LogP contribution is -2.25. The van der Waals surface area contributed by atoms with Gasteiger partial charge in [-0.1, -0.05) is 27.7 Å². The molecule has 2 N–H and O–H groups in total. The molecule has 1 rings (SSSR count). The first-order valence-electron chi connectivity index (χ1n) is 6.81. The molecule has 0 saturated heterocycles. The second kappa shape index (κ2) is 7.19. The molecular formula is C14H25N3O. The molecule has 1 aromatic heterocycles. The molecule has 0 unspecified atom stereocenters. The Balaban J connectivity index is 2.35. The van der Waals surface area contributed by atoms with Crippen molar-refractivity contribution in [3.05, 3.63) is 17.5 Å². The first-order chi connectivity index (χ1) is 8.49. The van der Waals surface area contributed by atoms with Gasteiger partial charge in [-0.2, -0.15) is 5.10 Å². The molecule has 0 aliphatic carbocycles. The summed E-state index contributed by atoms with van der Waals surface area (Å²) >= 11 is 0. The predicted molar refractivity (Wildman–Crippen MR) is 73.5 cm³/mol. The van der Waals surface area contributed by atoms with Crippen LogP contribution in [0.4, 0.5) is 0 Å². The number of hydrogen-bond donors (Lipinski definition) is 2. The molecule has 1 heterocycles. The molecule has 0 fully saturated rings. The number of carbonyl (C=O) groups excluding carboxylic acids is 1. The third-order valence-corrected chi connectivity index (χ3v) is 2.74. The molecule has 0 atom stereocenters. The number of amides is 1. The van der Waals surface area contributed by atoms with E-state index in [1.165, 1.54) is 0 Å². The summed E-state index contributed by atoms with van der Waals surface area (Å²) in [5.41, 5.74) is 1.52. The van der Waals surface area contributed by atoms with E-state index < -0.39 is 0 Å². The molecular weight excluding hydrogens is 226 g/mol. The summed E-state index contributed by atoms with van der Waals surface area (Å²) in [5.74, 6) is 1.17. The molecule has 0 aliphatic heterocycles. The first kappa shape index (κ1) is 14.7. The van der Waals surface area contributed by atoms with E-state index in [0.717, 1.165) is 31.5 Å².